The van der Waals surface area contributed by atoms with Crippen LogP contribution >= 0.6 is 0 Å². The summed E-state index contributed by atoms with van der Waals surface area (Å²) in [7, 11) is 4.03. The van der Waals surface area contributed by atoms with E-state index < -0.39 is 0 Å². The molecule has 3 aromatic heterocycles. The smallest absolute Gasteiger partial charge is 0.163 e. The molecule has 9 aromatic rings. The van der Waals surface area contributed by atoms with Crippen molar-refractivity contribution in [1.82, 2.24) is 19.6 Å². The van der Waals surface area contributed by atoms with Crippen LogP contribution in [0.5, 0.6) is 0 Å². The molecule has 7 nitrogen and oxygen atoms in total. The number of aryl methyl sites for hydroxylation is 2. The Balaban J connectivity index is 1.21. The highest BCUT2D eigenvalue weighted by molar-refractivity contribution is 6.08. The maximum absolute atomic E-state index is 6.48. The van der Waals surface area contributed by atoms with Crippen LogP contribution in [0.4, 0.5) is 34.4 Å². The molecule has 0 atom stereocenters. The number of rotatable bonds is 8. The second kappa shape index (κ2) is 13.0. The number of hydrogen-bond donors (Lipinski definition) is 0. The molecular formula is C46H38N6O. The average molecular weight is 691 g/mol. The molecule has 0 saturated carbocycles. The Morgan fingerprint density at radius 2 is 0.792 bits per heavy atom. The zero-order chi connectivity index (χ0) is 36.1. The molecule has 258 valence electrons. The van der Waals surface area contributed by atoms with Gasteiger partial charge in [-0.25, -0.2) is 0 Å². The Morgan fingerprint density at radius 1 is 0.434 bits per heavy atom. The number of fused-ring (bicyclic) bond motifs is 3. The quantitative estimate of drug-likeness (QED) is 0.159. The van der Waals surface area contributed by atoms with E-state index in [9.17, 15) is 0 Å². The molecule has 9 rings (SSSR count). The summed E-state index contributed by atoms with van der Waals surface area (Å²) in [5.74, 6) is 1.75. The highest BCUT2D eigenvalue weighted by Gasteiger charge is 2.25. The van der Waals surface area contributed by atoms with Gasteiger partial charge in [-0.15, -0.1) is 0 Å². The minimum absolute atomic E-state index is 0.822. The van der Waals surface area contributed by atoms with Crippen LogP contribution in [0.3, 0.4) is 0 Å². The summed E-state index contributed by atoms with van der Waals surface area (Å²) < 4.78 is 10.4. The van der Waals surface area contributed by atoms with Crippen LogP contribution in [0.25, 0.3) is 44.5 Å². The van der Waals surface area contributed by atoms with Gasteiger partial charge >= 0.3 is 0 Å². The number of nitrogens with zero attached hydrogens (tertiary/aromatic N) is 6. The molecule has 3 heterocycles. The van der Waals surface area contributed by atoms with Crippen molar-refractivity contribution in [3.63, 3.8) is 0 Å². The van der Waals surface area contributed by atoms with Crippen LogP contribution in [-0.4, -0.2) is 19.6 Å². The first-order valence-electron chi connectivity index (χ1n) is 17.8. The second-order valence-corrected chi connectivity index (χ2v) is 13.4. The van der Waals surface area contributed by atoms with Crippen molar-refractivity contribution < 1.29 is 4.42 Å². The van der Waals surface area contributed by atoms with Gasteiger partial charge in [-0.2, -0.15) is 10.2 Å². The van der Waals surface area contributed by atoms with Gasteiger partial charge in [-0.05, 0) is 74.5 Å². The lowest BCUT2D eigenvalue weighted by Crippen LogP contribution is -2.12. The lowest BCUT2D eigenvalue weighted by Gasteiger charge is -2.24. The van der Waals surface area contributed by atoms with E-state index in [0.717, 1.165) is 90.0 Å². The van der Waals surface area contributed by atoms with Crippen molar-refractivity contribution in [2.45, 2.75) is 13.8 Å². The van der Waals surface area contributed by atoms with Gasteiger partial charge < -0.3 is 4.42 Å². The highest BCUT2D eigenvalue weighted by Crippen LogP contribution is 2.44. The zero-order valence-electron chi connectivity index (χ0n) is 30.1. The lowest BCUT2D eigenvalue weighted by molar-refractivity contribution is 0.669. The van der Waals surface area contributed by atoms with Crippen molar-refractivity contribution in [2.24, 2.45) is 14.1 Å². The Bertz CT molecular complexity index is 2520. The van der Waals surface area contributed by atoms with Gasteiger partial charge in [0.1, 0.15) is 11.2 Å². The first-order valence-corrected chi connectivity index (χ1v) is 17.8. The summed E-state index contributed by atoms with van der Waals surface area (Å²) in [4.78, 5) is 4.48. The van der Waals surface area contributed by atoms with E-state index in [1.54, 1.807) is 0 Å². The lowest BCUT2D eigenvalue weighted by atomic mass is 10.1. The molecule has 0 saturated heterocycles. The Kier molecular flexibility index (Phi) is 7.89. The molecule has 0 amide bonds. The van der Waals surface area contributed by atoms with Crippen molar-refractivity contribution in [3.05, 3.63) is 169 Å². The molecule has 0 aliphatic carbocycles. The van der Waals surface area contributed by atoms with Crippen LogP contribution in [0.1, 0.15) is 11.1 Å². The van der Waals surface area contributed by atoms with Gasteiger partial charge in [-0.1, -0.05) is 97.1 Å². The normalized spacial score (nSPS) is 11.4. The summed E-state index contributed by atoms with van der Waals surface area (Å²) in [6.07, 6.45) is 0. The van der Waals surface area contributed by atoms with Crippen molar-refractivity contribution >= 4 is 56.3 Å². The molecular weight excluding hydrogens is 653 g/mol. The molecule has 0 aliphatic rings. The fourth-order valence-corrected chi connectivity index (χ4v) is 7.63. The summed E-state index contributed by atoms with van der Waals surface area (Å²) in [5.41, 5.74) is 12.3. The minimum Gasteiger partial charge on any atom is -0.456 e. The molecule has 0 unspecified atom stereocenters. The fourth-order valence-electron chi connectivity index (χ4n) is 7.63. The monoisotopic (exact) mass is 690 g/mol. The molecule has 0 spiro atoms. The number of para-hydroxylation sites is 2. The SMILES string of the molecule is Cc1c(N(c2ccccc2)c2ccc3oc4ccc(N(c5ccccc5)c5nn(C)c(-c6ccccc6)c5C)cc4c3c2)nn(C)c1-c1ccccc1. The van der Waals surface area contributed by atoms with E-state index in [-0.39, 0.29) is 0 Å². The zero-order valence-corrected chi connectivity index (χ0v) is 30.1. The third-order valence-electron chi connectivity index (χ3n) is 10.0. The van der Waals surface area contributed by atoms with Gasteiger partial charge in [0.25, 0.3) is 0 Å². The summed E-state index contributed by atoms with van der Waals surface area (Å²) in [6, 6.07) is 54.6. The number of benzene rings is 6. The van der Waals surface area contributed by atoms with E-state index in [2.05, 4.69) is 157 Å². The molecule has 6 aromatic carbocycles. The van der Waals surface area contributed by atoms with Crippen molar-refractivity contribution in [1.29, 1.82) is 0 Å². The molecule has 0 fully saturated rings. The Labute approximate surface area is 308 Å². The first kappa shape index (κ1) is 32.1. The molecule has 0 bridgehead atoms. The second-order valence-electron chi connectivity index (χ2n) is 13.4. The third kappa shape index (κ3) is 5.54. The van der Waals surface area contributed by atoms with Gasteiger partial charge in [-0.3, -0.25) is 19.2 Å². The largest absolute Gasteiger partial charge is 0.456 e. The van der Waals surface area contributed by atoms with Gasteiger partial charge in [0.15, 0.2) is 11.6 Å². The van der Waals surface area contributed by atoms with Gasteiger partial charge in [0.2, 0.25) is 0 Å². The van der Waals surface area contributed by atoms with Crippen LogP contribution in [0.2, 0.25) is 0 Å². The average Bonchev–Trinajstić information content (AvgIpc) is 3.81. The van der Waals surface area contributed by atoms with Crippen molar-refractivity contribution in [3.8, 4) is 22.5 Å². The van der Waals surface area contributed by atoms with Crippen molar-refractivity contribution in [2.75, 3.05) is 9.80 Å². The number of aromatic nitrogens is 4. The number of anilines is 6. The molecule has 7 heteroatoms. The van der Waals surface area contributed by atoms with Gasteiger partial charge in [0.05, 0.1) is 11.4 Å². The molecule has 0 aliphatic heterocycles. The Hall–Kier alpha value is -6.86. The molecule has 0 N–H and O–H groups in total. The summed E-state index contributed by atoms with van der Waals surface area (Å²) >= 11 is 0. The summed E-state index contributed by atoms with van der Waals surface area (Å²) in [5, 5.41) is 12.3. The van der Waals surface area contributed by atoms with Crippen LogP contribution in [-0.2, 0) is 14.1 Å². The van der Waals surface area contributed by atoms with E-state index in [1.165, 1.54) is 0 Å². The maximum Gasteiger partial charge on any atom is 0.163 e. The van der Waals surface area contributed by atoms with E-state index in [1.807, 2.05) is 47.7 Å². The van der Waals surface area contributed by atoms with E-state index in [4.69, 9.17) is 14.6 Å². The topological polar surface area (TPSA) is 55.3 Å². The third-order valence-corrected chi connectivity index (χ3v) is 10.0. The number of hydrogen-bond acceptors (Lipinski definition) is 5. The van der Waals surface area contributed by atoms with Crippen LogP contribution in [0, 0.1) is 13.8 Å². The first-order chi connectivity index (χ1) is 26.0. The minimum atomic E-state index is 0.822. The van der Waals surface area contributed by atoms with Gasteiger partial charge in [0, 0.05) is 69.9 Å². The maximum atomic E-state index is 6.48. The highest BCUT2D eigenvalue weighted by atomic mass is 16.3. The molecule has 53 heavy (non-hydrogen) atoms. The standard InChI is InChI=1S/C46H38N6O/c1-31-43(33-17-9-5-10-18-33)49(3)47-45(31)51(35-21-13-7-14-22-35)37-25-27-41-39(29-37)40-30-38(26-28-42(40)53-41)52(36-23-15-8-16-24-36)46-32(2)44(50(4)48-46)34-19-11-6-12-20-34/h5-30H,1-4H3. The van der Waals surface area contributed by atoms with Crippen LogP contribution < -0.4 is 9.80 Å². The number of furan rings is 1. The summed E-state index contributed by atoms with van der Waals surface area (Å²) in [6.45, 7) is 4.30. The predicted octanol–water partition coefficient (Wildman–Crippen LogP) is 11.9. The van der Waals surface area contributed by atoms with E-state index >= 15 is 0 Å². The predicted molar refractivity (Wildman–Crippen MR) is 217 cm³/mol. The fraction of sp³-hybridized carbons (Fsp3) is 0.0870. The van der Waals surface area contributed by atoms with Crippen LogP contribution in [0.15, 0.2) is 162 Å². The molecule has 0 radical (unpaired) electrons. The van der Waals surface area contributed by atoms with E-state index in [0.29, 0.717) is 0 Å². The Morgan fingerprint density at radius 3 is 1.17 bits per heavy atom.